The summed E-state index contributed by atoms with van der Waals surface area (Å²) < 4.78 is 16.2. The Balaban J connectivity index is 2.40. The van der Waals surface area contributed by atoms with Crippen LogP contribution in [0.2, 0.25) is 0 Å². The fourth-order valence-electron chi connectivity index (χ4n) is 2.10. The number of ether oxygens (including phenoxy) is 1. The molecular formula is C14H18N3O5P. The zero-order valence-corrected chi connectivity index (χ0v) is 13.4. The zero-order valence-electron chi connectivity index (χ0n) is 12.5. The summed E-state index contributed by atoms with van der Waals surface area (Å²) in [6.45, 7) is 1.87. The van der Waals surface area contributed by atoms with Gasteiger partial charge in [0.2, 0.25) is 0 Å². The number of hydrogen-bond donors (Lipinski definition) is 3. The van der Waals surface area contributed by atoms with Crippen molar-refractivity contribution in [2.75, 3.05) is 6.61 Å². The molecule has 0 bridgehead atoms. The molecule has 0 saturated carbocycles. The third-order valence-corrected chi connectivity index (χ3v) is 3.80. The third kappa shape index (κ3) is 4.80. The molecule has 0 radical (unpaired) electrons. The average Bonchev–Trinajstić information content (AvgIpc) is 2.46. The first-order valence-electron chi connectivity index (χ1n) is 7.01. The number of carbonyl (C=O) groups excluding carboxylic acids is 1. The molecule has 124 valence electrons. The Hall–Kier alpha value is -1.86. The van der Waals surface area contributed by atoms with Crippen molar-refractivity contribution in [3.8, 4) is 0 Å². The molecular weight excluding hydrogens is 321 g/mol. The number of nitrogens with zero attached hydrogens (tertiary/aromatic N) is 2. The average molecular weight is 339 g/mol. The standard InChI is InChI=1S/C14H18N3O5P/c1-2-22-14(18)9(15)7-12-13(8-23(19,20)21)17-11-6-4-3-5-10(11)16-12/h3-6,9H,2,7-8,15H2,1H3,(H2,19,20,21). The minimum Gasteiger partial charge on any atom is -0.465 e. The first-order chi connectivity index (χ1) is 10.8. The van der Waals surface area contributed by atoms with Crippen LogP contribution in [0, 0.1) is 0 Å². The maximum Gasteiger partial charge on any atom is 0.331 e. The highest BCUT2D eigenvalue weighted by Gasteiger charge is 2.23. The Kier molecular flexibility index (Phi) is 5.43. The second-order valence-electron chi connectivity index (χ2n) is 4.99. The predicted molar refractivity (Wildman–Crippen MR) is 83.6 cm³/mol. The van der Waals surface area contributed by atoms with Gasteiger partial charge in [0.25, 0.3) is 0 Å². The van der Waals surface area contributed by atoms with Crippen molar-refractivity contribution in [2.45, 2.75) is 25.5 Å². The van der Waals surface area contributed by atoms with E-state index < -0.39 is 25.8 Å². The number of carbonyl (C=O) groups is 1. The van der Waals surface area contributed by atoms with E-state index in [-0.39, 0.29) is 24.4 Å². The highest BCUT2D eigenvalue weighted by molar-refractivity contribution is 7.50. The van der Waals surface area contributed by atoms with E-state index in [1.54, 1.807) is 31.2 Å². The summed E-state index contributed by atoms with van der Waals surface area (Å²) in [4.78, 5) is 38.7. The summed E-state index contributed by atoms with van der Waals surface area (Å²) >= 11 is 0. The van der Waals surface area contributed by atoms with Crippen LogP contribution in [-0.4, -0.2) is 38.4 Å². The number of aromatic nitrogens is 2. The van der Waals surface area contributed by atoms with Crippen molar-refractivity contribution < 1.29 is 23.9 Å². The summed E-state index contributed by atoms with van der Waals surface area (Å²) in [5.74, 6) is -0.593. The van der Waals surface area contributed by atoms with Crippen LogP contribution >= 0.6 is 7.60 Å². The number of hydrogen-bond acceptors (Lipinski definition) is 6. The molecule has 1 aromatic carbocycles. The Morgan fingerprint density at radius 1 is 1.26 bits per heavy atom. The van der Waals surface area contributed by atoms with E-state index in [0.717, 1.165) is 0 Å². The summed E-state index contributed by atoms with van der Waals surface area (Å²) in [5, 5.41) is 0. The summed E-state index contributed by atoms with van der Waals surface area (Å²) in [7, 11) is -4.33. The van der Waals surface area contributed by atoms with E-state index >= 15 is 0 Å². The second-order valence-corrected chi connectivity index (χ2v) is 6.64. The largest absolute Gasteiger partial charge is 0.465 e. The highest BCUT2D eigenvalue weighted by atomic mass is 31.2. The number of para-hydroxylation sites is 2. The van der Waals surface area contributed by atoms with Crippen LogP contribution in [0.3, 0.4) is 0 Å². The van der Waals surface area contributed by atoms with Crippen molar-refractivity contribution >= 4 is 24.6 Å². The highest BCUT2D eigenvalue weighted by Crippen LogP contribution is 2.39. The van der Waals surface area contributed by atoms with Crippen LogP contribution in [0.25, 0.3) is 11.0 Å². The lowest BCUT2D eigenvalue weighted by atomic mass is 10.1. The molecule has 0 fully saturated rings. The maximum atomic E-state index is 11.7. The van der Waals surface area contributed by atoms with Crippen LogP contribution in [0.1, 0.15) is 18.3 Å². The van der Waals surface area contributed by atoms with Crippen molar-refractivity contribution in [1.82, 2.24) is 9.97 Å². The van der Waals surface area contributed by atoms with Crippen molar-refractivity contribution in [2.24, 2.45) is 5.73 Å². The zero-order chi connectivity index (χ0) is 17.0. The number of esters is 1. The molecule has 0 saturated heterocycles. The van der Waals surface area contributed by atoms with E-state index in [9.17, 15) is 19.1 Å². The van der Waals surface area contributed by atoms with Crippen molar-refractivity contribution in [3.05, 3.63) is 35.7 Å². The molecule has 0 aliphatic rings. The van der Waals surface area contributed by atoms with Gasteiger partial charge < -0.3 is 20.3 Å². The van der Waals surface area contributed by atoms with Gasteiger partial charge in [-0.15, -0.1) is 0 Å². The summed E-state index contributed by atoms with van der Waals surface area (Å²) in [6, 6.07) is 5.97. The fourth-order valence-corrected chi connectivity index (χ4v) is 2.74. The van der Waals surface area contributed by atoms with Gasteiger partial charge in [-0.2, -0.15) is 0 Å². The Labute approximate surface area is 132 Å². The maximum absolute atomic E-state index is 11.7. The minimum atomic E-state index is -4.33. The van der Waals surface area contributed by atoms with Gasteiger partial charge in [-0.25, -0.2) is 9.97 Å². The van der Waals surface area contributed by atoms with E-state index in [2.05, 4.69) is 9.97 Å². The van der Waals surface area contributed by atoms with Gasteiger partial charge in [0.05, 0.1) is 35.2 Å². The summed E-state index contributed by atoms with van der Waals surface area (Å²) in [6.07, 6.45) is -0.568. The lowest BCUT2D eigenvalue weighted by Gasteiger charge is -2.14. The molecule has 4 N–H and O–H groups in total. The Bertz CT molecular complexity index is 761. The first-order valence-corrected chi connectivity index (χ1v) is 8.81. The molecule has 9 heteroatoms. The number of benzene rings is 1. The predicted octanol–water partition coefficient (Wildman–Crippen LogP) is 0.740. The Morgan fingerprint density at radius 3 is 2.35 bits per heavy atom. The molecule has 0 spiro atoms. The third-order valence-electron chi connectivity index (χ3n) is 3.08. The van der Waals surface area contributed by atoms with E-state index in [0.29, 0.717) is 11.0 Å². The topological polar surface area (TPSA) is 136 Å². The van der Waals surface area contributed by atoms with Crippen molar-refractivity contribution in [3.63, 3.8) is 0 Å². The molecule has 2 aromatic rings. The SMILES string of the molecule is CCOC(=O)C(N)Cc1nc2ccccc2nc1CP(=O)(O)O. The van der Waals surface area contributed by atoms with E-state index in [1.807, 2.05) is 0 Å². The normalized spacial score (nSPS) is 13.0. The molecule has 0 aliphatic heterocycles. The van der Waals surface area contributed by atoms with Crippen LogP contribution in [0.15, 0.2) is 24.3 Å². The Morgan fingerprint density at radius 2 is 1.83 bits per heavy atom. The van der Waals surface area contributed by atoms with Gasteiger partial charge >= 0.3 is 13.6 Å². The van der Waals surface area contributed by atoms with Crippen LogP contribution in [-0.2, 0) is 26.7 Å². The summed E-state index contributed by atoms with van der Waals surface area (Å²) in [5.41, 5.74) is 7.28. The van der Waals surface area contributed by atoms with Gasteiger partial charge in [0.1, 0.15) is 6.04 Å². The van der Waals surface area contributed by atoms with Gasteiger partial charge in [0, 0.05) is 6.42 Å². The molecule has 0 aliphatic carbocycles. The van der Waals surface area contributed by atoms with Crippen LogP contribution in [0.4, 0.5) is 0 Å². The quantitative estimate of drug-likeness (QED) is 0.518. The molecule has 23 heavy (non-hydrogen) atoms. The molecule has 1 atom stereocenters. The second kappa shape index (κ2) is 7.14. The van der Waals surface area contributed by atoms with E-state index in [4.69, 9.17) is 10.5 Å². The number of nitrogens with two attached hydrogens (primary N) is 1. The molecule has 2 rings (SSSR count). The fraction of sp³-hybridized carbons (Fsp3) is 0.357. The molecule has 1 unspecified atom stereocenters. The van der Waals surface area contributed by atoms with Crippen LogP contribution < -0.4 is 5.73 Å². The van der Waals surface area contributed by atoms with Crippen molar-refractivity contribution in [1.29, 1.82) is 0 Å². The van der Waals surface area contributed by atoms with Gasteiger partial charge in [-0.1, -0.05) is 12.1 Å². The monoisotopic (exact) mass is 339 g/mol. The molecule has 0 amide bonds. The number of fused-ring (bicyclic) bond motifs is 1. The molecule has 8 nitrogen and oxygen atoms in total. The number of rotatable bonds is 6. The smallest absolute Gasteiger partial charge is 0.331 e. The minimum absolute atomic E-state index is 0.00794. The van der Waals surface area contributed by atoms with Gasteiger partial charge in [-0.3, -0.25) is 9.36 Å². The molecule has 1 aromatic heterocycles. The van der Waals surface area contributed by atoms with E-state index in [1.165, 1.54) is 0 Å². The van der Waals surface area contributed by atoms with Gasteiger partial charge in [0.15, 0.2) is 0 Å². The lowest BCUT2D eigenvalue weighted by molar-refractivity contribution is -0.144. The first kappa shape index (κ1) is 17.5. The van der Waals surface area contributed by atoms with Crippen LogP contribution in [0.5, 0.6) is 0 Å². The van der Waals surface area contributed by atoms with Gasteiger partial charge in [-0.05, 0) is 19.1 Å². The lowest BCUT2D eigenvalue weighted by Crippen LogP contribution is -2.35. The molecule has 1 heterocycles.